The maximum atomic E-state index is 5.82. The molecular weight excluding hydrogens is 294 g/mol. The number of nitrogens with one attached hydrogen (secondary N) is 1. The van der Waals surface area contributed by atoms with Gasteiger partial charge in [0.15, 0.2) is 0 Å². The van der Waals surface area contributed by atoms with Gasteiger partial charge in [0.2, 0.25) is 0 Å². The molecule has 0 atom stereocenters. The first-order valence-electron chi connectivity index (χ1n) is 6.25. The van der Waals surface area contributed by atoms with Crippen molar-refractivity contribution < 1.29 is 9.15 Å². The minimum Gasteiger partial charge on any atom is -0.497 e. The molecule has 1 aliphatic rings. The molecule has 3 nitrogen and oxygen atoms in total. The third kappa shape index (κ3) is 2.04. The van der Waals surface area contributed by atoms with Crippen molar-refractivity contribution in [2.75, 3.05) is 20.2 Å². The lowest BCUT2D eigenvalue weighted by Crippen LogP contribution is -2.26. The van der Waals surface area contributed by atoms with Crippen LogP contribution < -0.4 is 10.1 Å². The molecule has 1 aliphatic heterocycles. The quantitative estimate of drug-likeness (QED) is 0.919. The predicted molar refractivity (Wildman–Crippen MR) is 75.3 cm³/mol. The molecule has 0 radical (unpaired) electrons. The topological polar surface area (TPSA) is 34.4 Å². The van der Waals surface area contributed by atoms with Gasteiger partial charge in [0, 0.05) is 21.2 Å². The minimum absolute atomic E-state index is 0.522. The van der Waals surface area contributed by atoms with Crippen molar-refractivity contribution in [1.29, 1.82) is 0 Å². The highest BCUT2D eigenvalue weighted by Crippen LogP contribution is 2.38. The summed E-state index contributed by atoms with van der Waals surface area (Å²) in [6.07, 6.45) is 4.11. The Morgan fingerprint density at radius 2 is 2.11 bits per heavy atom. The van der Waals surface area contributed by atoms with E-state index in [4.69, 9.17) is 9.15 Å². The maximum absolute atomic E-state index is 5.82. The van der Waals surface area contributed by atoms with Gasteiger partial charge in [-0.15, -0.1) is 0 Å². The zero-order chi connectivity index (χ0) is 12.5. The lowest BCUT2D eigenvalue weighted by atomic mass is 9.93. The molecule has 1 N–H and O–H groups in total. The Bertz CT molecular complexity index is 558. The zero-order valence-corrected chi connectivity index (χ0v) is 11.9. The molecule has 0 saturated carbocycles. The molecule has 4 heteroatoms. The van der Waals surface area contributed by atoms with Crippen LogP contribution in [0.1, 0.15) is 24.5 Å². The predicted octanol–water partition coefficient (Wildman–Crippen LogP) is 3.67. The third-order valence-electron chi connectivity index (χ3n) is 3.60. The Morgan fingerprint density at radius 1 is 1.33 bits per heavy atom. The van der Waals surface area contributed by atoms with Crippen molar-refractivity contribution in [3.8, 4) is 5.75 Å². The van der Waals surface area contributed by atoms with Crippen LogP contribution in [-0.4, -0.2) is 20.2 Å². The zero-order valence-electron chi connectivity index (χ0n) is 10.3. The number of methoxy groups -OCH3 is 1. The van der Waals surface area contributed by atoms with E-state index in [0.717, 1.165) is 47.3 Å². The molecule has 1 aromatic carbocycles. The molecule has 2 aromatic rings. The highest BCUT2D eigenvalue weighted by molar-refractivity contribution is 9.10. The van der Waals surface area contributed by atoms with E-state index >= 15 is 0 Å². The lowest BCUT2D eigenvalue weighted by Gasteiger charge is -2.21. The van der Waals surface area contributed by atoms with Crippen molar-refractivity contribution in [2.24, 2.45) is 0 Å². The molecule has 0 amide bonds. The number of benzene rings is 1. The average Bonchev–Trinajstić information content (AvgIpc) is 2.84. The van der Waals surface area contributed by atoms with Crippen LogP contribution in [0, 0.1) is 0 Å². The normalized spacial score (nSPS) is 17.2. The van der Waals surface area contributed by atoms with Gasteiger partial charge in [0.1, 0.15) is 11.5 Å². The van der Waals surface area contributed by atoms with Crippen LogP contribution in [0.15, 0.2) is 27.3 Å². The molecule has 3 rings (SSSR count). The van der Waals surface area contributed by atoms with Gasteiger partial charge in [-0.2, -0.15) is 0 Å². The number of fused-ring (bicyclic) bond motifs is 1. The molecule has 0 bridgehead atoms. The van der Waals surface area contributed by atoms with Crippen molar-refractivity contribution in [1.82, 2.24) is 5.32 Å². The minimum atomic E-state index is 0.522. The Hall–Kier alpha value is -1.00. The number of furan rings is 1. The first-order chi connectivity index (χ1) is 8.79. The smallest absolute Gasteiger partial charge is 0.120 e. The van der Waals surface area contributed by atoms with E-state index in [1.54, 1.807) is 7.11 Å². The maximum Gasteiger partial charge on any atom is 0.120 e. The highest BCUT2D eigenvalue weighted by atomic mass is 79.9. The summed E-state index contributed by atoms with van der Waals surface area (Å²) in [7, 11) is 1.68. The summed E-state index contributed by atoms with van der Waals surface area (Å²) in [6, 6.07) is 4.02. The van der Waals surface area contributed by atoms with E-state index in [1.807, 2.05) is 18.4 Å². The molecule has 1 saturated heterocycles. The summed E-state index contributed by atoms with van der Waals surface area (Å²) in [4.78, 5) is 0. The van der Waals surface area contributed by atoms with Gasteiger partial charge in [-0.3, -0.25) is 0 Å². The van der Waals surface area contributed by atoms with Gasteiger partial charge >= 0.3 is 0 Å². The first-order valence-corrected chi connectivity index (χ1v) is 7.04. The summed E-state index contributed by atoms with van der Waals surface area (Å²) < 4.78 is 12.2. The van der Waals surface area contributed by atoms with Crippen LogP contribution in [-0.2, 0) is 0 Å². The second-order valence-corrected chi connectivity index (χ2v) is 5.55. The summed E-state index contributed by atoms with van der Waals surface area (Å²) in [5.41, 5.74) is 0. The fourth-order valence-corrected chi connectivity index (χ4v) is 3.29. The van der Waals surface area contributed by atoms with Gasteiger partial charge in [-0.25, -0.2) is 0 Å². The number of halogens is 1. The number of rotatable bonds is 2. The van der Waals surface area contributed by atoms with Gasteiger partial charge in [0.25, 0.3) is 0 Å². The Morgan fingerprint density at radius 3 is 2.83 bits per heavy atom. The molecule has 96 valence electrons. The Kier molecular flexibility index (Phi) is 3.31. The molecule has 0 aliphatic carbocycles. The van der Waals surface area contributed by atoms with E-state index in [2.05, 4.69) is 21.2 Å². The first kappa shape index (κ1) is 12.1. The number of piperidine rings is 1. The van der Waals surface area contributed by atoms with Gasteiger partial charge in [-0.05, 0) is 54.0 Å². The second-order valence-electron chi connectivity index (χ2n) is 4.70. The largest absolute Gasteiger partial charge is 0.497 e. The van der Waals surface area contributed by atoms with E-state index < -0.39 is 0 Å². The van der Waals surface area contributed by atoms with E-state index in [-0.39, 0.29) is 0 Å². The standard InChI is InChI=1S/C14H16BrNO2/c1-17-11-6-10-8-18-14(13(10)12(15)7-11)9-2-4-16-5-3-9/h6-9,16H,2-5H2,1H3. The molecule has 0 spiro atoms. The number of ether oxygens (including phenoxy) is 1. The van der Waals surface area contributed by atoms with Crippen LogP contribution in [0.4, 0.5) is 0 Å². The van der Waals surface area contributed by atoms with Crippen molar-refractivity contribution in [3.63, 3.8) is 0 Å². The van der Waals surface area contributed by atoms with Gasteiger partial charge in [-0.1, -0.05) is 0 Å². The molecular formula is C14H16BrNO2. The summed E-state index contributed by atoms with van der Waals surface area (Å²) in [5, 5.41) is 5.69. The van der Waals surface area contributed by atoms with Crippen LogP contribution in [0.5, 0.6) is 5.75 Å². The molecule has 1 fully saturated rings. The van der Waals surface area contributed by atoms with Crippen molar-refractivity contribution >= 4 is 26.7 Å². The Labute approximate surface area is 115 Å². The summed E-state index contributed by atoms with van der Waals surface area (Å²) in [5.74, 6) is 2.49. The number of hydrogen-bond donors (Lipinski definition) is 1. The van der Waals surface area contributed by atoms with E-state index in [0.29, 0.717) is 5.92 Å². The van der Waals surface area contributed by atoms with E-state index in [1.165, 1.54) is 5.39 Å². The van der Waals surface area contributed by atoms with Crippen LogP contribution in [0.25, 0.3) is 10.8 Å². The fraction of sp³-hybridized carbons (Fsp3) is 0.429. The highest BCUT2D eigenvalue weighted by Gasteiger charge is 2.22. The van der Waals surface area contributed by atoms with Crippen molar-refractivity contribution in [2.45, 2.75) is 18.8 Å². The molecule has 0 unspecified atom stereocenters. The average molecular weight is 310 g/mol. The number of hydrogen-bond acceptors (Lipinski definition) is 3. The Balaban J connectivity index is 2.07. The summed E-state index contributed by atoms with van der Waals surface area (Å²) >= 11 is 3.63. The summed E-state index contributed by atoms with van der Waals surface area (Å²) in [6.45, 7) is 2.14. The van der Waals surface area contributed by atoms with Crippen molar-refractivity contribution in [3.05, 3.63) is 28.6 Å². The monoisotopic (exact) mass is 309 g/mol. The van der Waals surface area contributed by atoms with Crippen LogP contribution >= 0.6 is 15.9 Å². The van der Waals surface area contributed by atoms with Crippen LogP contribution in [0.2, 0.25) is 0 Å². The third-order valence-corrected chi connectivity index (χ3v) is 4.22. The van der Waals surface area contributed by atoms with Gasteiger partial charge in [0.05, 0.1) is 13.4 Å². The van der Waals surface area contributed by atoms with Crippen LogP contribution in [0.3, 0.4) is 0 Å². The van der Waals surface area contributed by atoms with E-state index in [9.17, 15) is 0 Å². The SMILES string of the molecule is COc1cc(Br)c2c(C3CCNCC3)occ2c1. The molecule has 18 heavy (non-hydrogen) atoms. The molecule has 1 aromatic heterocycles. The van der Waals surface area contributed by atoms with Gasteiger partial charge < -0.3 is 14.5 Å². The lowest BCUT2D eigenvalue weighted by molar-refractivity contribution is 0.389. The second kappa shape index (κ2) is 4.94. The fourth-order valence-electron chi connectivity index (χ4n) is 2.64. The molecule has 2 heterocycles.